The quantitative estimate of drug-likeness (QED) is 0.397. The molecule has 152 valence electrons. The fourth-order valence-electron chi connectivity index (χ4n) is 2.80. The number of para-hydroxylation sites is 2. The lowest BCUT2D eigenvalue weighted by Crippen LogP contribution is -2.60. The third-order valence-electron chi connectivity index (χ3n) is 4.15. The molecule has 2 unspecified atom stereocenters. The van der Waals surface area contributed by atoms with Crippen LogP contribution in [0.2, 0.25) is 0 Å². The average Bonchev–Trinajstić information content (AvgIpc) is 2.67. The molecule has 1 saturated heterocycles. The van der Waals surface area contributed by atoms with E-state index in [1.54, 1.807) is 6.07 Å². The molecule has 1 heterocycles. The van der Waals surface area contributed by atoms with Crippen molar-refractivity contribution >= 4 is 23.5 Å². The number of esters is 1. The molecule has 0 bridgehead atoms. The summed E-state index contributed by atoms with van der Waals surface area (Å²) in [5, 5.41) is 13.7. The molecule has 1 aromatic rings. The average molecular weight is 393 g/mol. The number of hydrogen-bond acceptors (Lipinski definition) is 7. The summed E-state index contributed by atoms with van der Waals surface area (Å²) in [5.74, 6) is -1.62. The highest BCUT2D eigenvalue weighted by Crippen LogP contribution is 2.27. The molecule has 1 aliphatic heterocycles. The van der Waals surface area contributed by atoms with Crippen molar-refractivity contribution in [3.05, 3.63) is 34.4 Å². The molecular formula is C18H23N3O7. The Morgan fingerprint density at radius 3 is 2.79 bits per heavy atom. The number of carbonyl (C=O) groups excluding carboxylic acids is 3. The minimum absolute atomic E-state index is 0.0475. The van der Waals surface area contributed by atoms with Gasteiger partial charge in [-0.15, -0.1) is 0 Å². The van der Waals surface area contributed by atoms with Crippen LogP contribution in [0.25, 0.3) is 0 Å². The van der Waals surface area contributed by atoms with Crippen molar-refractivity contribution in [3.63, 3.8) is 0 Å². The van der Waals surface area contributed by atoms with Crippen LogP contribution in [0.5, 0.6) is 5.75 Å². The van der Waals surface area contributed by atoms with E-state index >= 15 is 0 Å². The summed E-state index contributed by atoms with van der Waals surface area (Å²) in [4.78, 5) is 48.7. The van der Waals surface area contributed by atoms with Crippen LogP contribution in [0.15, 0.2) is 24.3 Å². The number of ether oxygens (including phenoxy) is 2. The van der Waals surface area contributed by atoms with Crippen molar-refractivity contribution in [2.75, 3.05) is 19.7 Å². The maximum atomic E-state index is 12.8. The molecule has 10 heteroatoms. The van der Waals surface area contributed by atoms with Gasteiger partial charge in [-0.3, -0.25) is 24.5 Å². The molecule has 0 saturated carbocycles. The van der Waals surface area contributed by atoms with Crippen LogP contribution in [0.4, 0.5) is 5.69 Å². The van der Waals surface area contributed by atoms with Gasteiger partial charge in [-0.1, -0.05) is 19.1 Å². The van der Waals surface area contributed by atoms with E-state index in [-0.39, 0.29) is 37.6 Å². The zero-order valence-corrected chi connectivity index (χ0v) is 15.8. The minimum Gasteiger partial charge on any atom is -0.474 e. The van der Waals surface area contributed by atoms with Crippen LogP contribution in [0, 0.1) is 10.1 Å². The Labute approximate surface area is 161 Å². The van der Waals surface area contributed by atoms with Crippen LogP contribution in [-0.4, -0.2) is 59.4 Å². The molecule has 1 aromatic carbocycles. The summed E-state index contributed by atoms with van der Waals surface area (Å²) in [6.07, 6.45) is -0.706. The molecule has 1 N–H and O–H groups in total. The van der Waals surface area contributed by atoms with Crippen molar-refractivity contribution < 1.29 is 28.8 Å². The van der Waals surface area contributed by atoms with E-state index in [1.807, 2.05) is 6.92 Å². The number of hydrogen-bond donors (Lipinski definition) is 1. The normalized spacial score (nSPS) is 17.4. The van der Waals surface area contributed by atoms with Crippen LogP contribution in [0.3, 0.4) is 0 Å². The number of rotatable bonds is 8. The van der Waals surface area contributed by atoms with Crippen molar-refractivity contribution in [3.8, 4) is 5.75 Å². The second-order valence-corrected chi connectivity index (χ2v) is 6.25. The number of amides is 2. The Morgan fingerprint density at radius 1 is 1.39 bits per heavy atom. The van der Waals surface area contributed by atoms with Gasteiger partial charge in [-0.05, 0) is 19.4 Å². The summed E-state index contributed by atoms with van der Waals surface area (Å²) in [7, 11) is 0. The van der Waals surface area contributed by atoms with Gasteiger partial charge in [0, 0.05) is 19.2 Å². The summed E-state index contributed by atoms with van der Waals surface area (Å²) in [5.41, 5.74) is -0.266. The van der Waals surface area contributed by atoms with Gasteiger partial charge in [0.05, 0.1) is 18.0 Å². The van der Waals surface area contributed by atoms with Gasteiger partial charge in [-0.2, -0.15) is 0 Å². The van der Waals surface area contributed by atoms with Crippen LogP contribution in [-0.2, 0) is 19.1 Å². The highest BCUT2D eigenvalue weighted by atomic mass is 16.6. The number of piperazine rings is 1. The lowest BCUT2D eigenvalue weighted by atomic mass is 10.1. The van der Waals surface area contributed by atoms with Crippen molar-refractivity contribution in [1.29, 1.82) is 0 Å². The Kier molecular flexibility index (Phi) is 7.30. The summed E-state index contributed by atoms with van der Waals surface area (Å²) in [6.45, 7) is 3.96. The zero-order chi connectivity index (χ0) is 20.7. The minimum atomic E-state index is -1.08. The number of carbonyl (C=O) groups is 3. The molecule has 0 aromatic heterocycles. The first-order valence-corrected chi connectivity index (χ1v) is 8.99. The van der Waals surface area contributed by atoms with E-state index in [4.69, 9.17) is 9.47 Å². The lowest BCUT2D eigenvalue weighted by molar-refractivity contribution is -0.386. The third kappa shape index (κ3) is 5.18. The molecule has 1 aliphatic rings. The third-order valence-corrected chi connectivity index (χ3v) is 4.15. The standard InChI is InChI=1S/C18H23N3O7/c1-3-10-27-16(22)11-14-17(23)19-8-9-20(14)18(24)12(2)28-15-7-5-4-6-13(15)21(25)26/h4-7,12,14H,3,8-11H2,1-2H3,(H,19,23). The summed E-state index contributed by atoms with van der Waals surface area (Å²) < 4.78 is 10.5. The summed E-state index contributed by atoms with van der Waals surface area (Å²) >= 11 is 0. The van der Waals surface area contributed by atoms with E-state index in [2.05, 4.69) is 5.32 Å². The number of nitro groups is 1. The smallest absolute Gasteiger partial charge is 0.310 e. The van der Waals surface area contributed by atoms with Crippen molar-refractivity contribution in [2.45, 2.75) is 38.8 Å². The van der Waals surface area contributed by atoms with Gasteiger partial charge in [0.1, 0.15) is 6.04 Å². The van der Waals surface area contributed by atoms with E-state index in [9.17, 15) is 24.5 Å². The van der Waals surface area contributed by atoms with Gasteiger partial charge < -0.3 is 19.7 Å². The Balaban J connectivity index is 2.12. The van der Waals surface area contributed by atoms with E-state index in [0.29, 0.717) is 6.42 Å². The van der Waals surface area contributed by atoms with Gasteiger partial charge in [0.25, 0.3) is 5.91 Å². The Bertz CT molecular complexity index is 752. The molecule has 28 heavy (non-hydrogen) atoms. The van der Waals surface area contributed by atoms with E-state index < -0.39 is 34.9 Å². The predicted molar refractivity (Wildman–Crippen MR) is 97.6 cm³/mol. The highest BCUT2D eigenvalue weighted by Gasteiger charge is 2.37. The van der Waals surface area contributed by atoms with Crippen LogP contribution < -0.4 is 10.1 Å². The fraction of sp³-hybridized carbons (Fsp3) is 0.500. The first-order valence-electron chi connectivity index (χ1n) is 8.99. The number of nitrogens with zero attached hydrogens (tertiary/aromatic N) is 2. The van der Waals surface area contributed by atoms with E-state index in [1.165, 1.54) is 30.0 Å². The molecule has 0 aliphatic carbocycles. The van der Waals surface area contributed by atoms with Crippen molar-refractivity contribution in [2.24, 2.45) is 0 Å². The molecule has 10 nitrogen and oxygen atoms in total. The van der Waals surface area contributed by atoms with Gasteiger partial charge in [-0.25, -0.2) is 0 Å². The maximum absolute atomic E-state index is 12.8. The first kappa shape index (κ1) is 21.1. The summed E-state index contributed by atoms with van der Waals surface area (Å²) in [6, 6.07) is 4.70. The Hall–Kier alpha value is -3.17. The van der Waals surface area contributed by atoms with E-state index in [0.717, 1.165) is 0 Å². The fourth-order valence-corrected chi connectivity index (χ4v) is 2.80. The molecule has 0 spiro atoms. The van der Waals surface area contributed by atoms with Gasteiger partial charge in [0.2, 0.25) is 5.91 Å². The first-order chi connectivity index (χ1) is 13.3. The van der Waals surface area contributed by atoms with Gasteiger partial charge in [0.15, 0.2) is 11.9 Å². The number of benzene rings is 1. The SMILES string of the molecule is CCCOC(=O)CC1C(=O)NCCN1C(=O)C(C)Oc1ccccc1[N+](=O)[O-]. The van der Waals surface area contributed by atoms with Crippen LogP contribution in [0.1, 0.15) is 26.7 Å². The number of nitro benzene ring substituents is 1. The molecule has 2 atom stereocenters. The predicted octanol–water partition coefficient (Wildman–Crippen LogP) is 1.03. The van der Waals surface area contributed by atoms with Gasteiger partial charge >= 0.3 is 11.7 Å². The second kappa shape index (κ2) is 9.67. The van der Waals surface area contributed by atoms with Crippen LogP contribution >= 0.6 is 0 Å². The zero-order valence-electron chi connectivity index (χ0n) is 15.8. The molecule has 2 amide bonds. The molecular weight excluding hydrogens is 370 g/mol. The number of nitrogens with one attached hydrogen (secondary N) is 1. The Morgan fingerprint density at radius 2 is 2.11 bits per heavy atom. The molecule has 0 radical (unpaired) electrons. The topological polar surface area (TPSA) is 128 Å². The maximum Gasteiger partial charge on any atom is 0.310 e. The lowest BCUT2D eigenvalue weighted by Gasteiger charge is -2.35. The second-order valence-electron chi connectivity index (χ2n) is 6.25. The van der Waals surface area contributed by atoms with Crippen molar-refractivity contribution in [1.82, 2.24) is 10.2 Å². The molecule has 1 fully saturated rings. The largest absolute Gasteiger partial charge is 0.474 e. The monoisotopic (exact) mass is 393 g/mol. The highest BCUT2D eigenvalue weighted by molar-refractivity contribution is 5.93. The molecule has 2 rings (SSSR count).